The number of carbonyl (C=O) groups excluding carboxylic acids is 1. The van der Waals surface area contributed by atoms with Crippen LogP contribution in [0.3, 0.4) is 0 Å². The molecule has 0 aromatic carbocycles. The van der Waals surface area contributed by atoms with Crippen LogP contribution in [0.1, 0.15) is 40.0 Å². The van der Waals surface area contributed by atoms with Gasteiger partial charge in [0.15, 0.2) is 0 Å². The van der Waals surface area contributed by atoms with E-state index in [9.17, 15) is 4.79 Å². The highest BCUT2D eigenvalue weighted by molar-refractivity contribution is 5.78. The van der Waals surface area contributed by atoms with E-state index in [-0.39, 0.29) is 11.8 Å². The van der Waals surface area contributed by atoms with Gasteiger partial charge in [-0.3, -0.25) is 4.79 Å². The van der Waals surface area contributed by atoms with E-state index in [1.807, 2.05) is 6.92 Å². The van der Waals surface area contributed by atoms with Crippen LogP contribution in [-0.2, 0) is 4.79 Å². The monoisotopic (exact) mass is 238 g/mol. The maximum atomic E-state index is 12.0. The molecule has 2 N–H and O–H groups in total. The molecule has 2 unspecified atom stereocenters. The van der Waals surface area contributed by atoms with E-state index >= 15 is 0 Å². The van der Waals surface area contributed by atoms with Crippen LogP contribution in [-0.4, -0.2) is 25.0 Å². The zero-order chi connectivity index (χ0) is 12.4. The molecule has 1 aliphatic carbocycles. The van der Waals surface area contributed by atoms with E-state index in [2.05, 4.69) is 24.5 Å². The van der Waals surface area contributed by atoms with Crippen LogP contribution in [0.2, 0.25) is 0 Å². The Morgan fingerprint density at radius 3 is 2.59 bits per heavy atom. The van der Waals surface area contributed by atoms with Gasteiger partial charge >= 0.3 is 0 Å². The summed E-state index contributed by atoms with van der Waals surface area (Å²) in [6, 6.07) is 0.421. The molecule has 1 heterocycles. The number of nitrogens with one attached hydrogen (secondary N) is 2. The van der Waals surface area contributed by atoms with Crippen LogP contribution in [0, 0.1) is 23.7 Å². The molecule has 2 aliphatic rings. The molecular formula is C14H26N2O. The number of fused-ring (bicyclic) bond motifs is 1. The van der Waals surface area contributed by atoms with Crippen molar-refractivity contribution in [2.45, 2.75) is 46.1 Å². The standard InChI is InChI=1S/C14H26N2O/c1-9(2)10(3)14(17)16-13-5-4-11-7-15-8-12(11)6-13/h9-13,15H,4-8H2,1-3H3,(H,16,17)/t10?,11-,12+,13?/m0/s1. The molecule has 3 nitrogen and oxygen atoms in total. The first-order chi connectivity index (χ1) is 8.08. The molecule has 2 fully saturated rings. The van der Waals surface area contributed by atoms with Crippen molar-refractivity contribution in [2.24, 2.45) is 23.7 Å². The molecule has 98 valence electrons. The fourth-order valence-corrected chi connectivity index (χ4v) is 3.07. The molecule has 1 amide bonds. The molecule has 0 radical (unpaired) electrons. The molecule has 1 saturated heterocycles. The Morgan fingerprint density at radius 1 is 1.18 bits per heavy atom. The molecular weight excluding hydrogens is 212 g/mol. The summed E-state index contributed by atoms with van der Waals surface area (Å²) in [6.45, 7) is 8.59. The maximum absolute atomic E-state index is 12.0. The van der Waals surface area contributed by atoms with Crippen molar-refractivity contribution in [1.29, 1.82) is 0 Å². The zero-order valence-corrected chi connectivity index (χ0v) is 11.3. The largest absolute Gasteiger partial charge is 0.353 e. The van der Waals surface area contributed by atoms with Crippen LogP contribution in [0.4, 0.5) is 0 Å². The predicted molar refractivity (Wildman–Crippen MR) is 69.6 cm³/mol. The minimum Gasteiger partial charge on any atom is -0.353 e. The van der Waals surface area contributed by atoms with E-state index in [1.165, 1.54) is 25.8 Å². The van der Waals surface area contributed by atoms with Gasteiger partial charge in [-0.05, 0) is 50.1 Å². The van der Waals surface area contributed by atoms with Gasteiger partial charge in [-0.25, -0.2) is 0 Å². The molecule has 0 bridgehead atoms. The first-order valence-electron chi connectivity index (χ1n) is 7.09. The van der Waals surface area contributed by atoms with Gasteiger partial charge in [-0.2, -0.15) is 0 Å². The fourth-order valence-electron chi connectivity index (χ4n) is 3.07. The molecule has 4 atom stereocenters. The van der Waals surface area contributed by atoms with Gasteiger partial charge < -0.3 is 10.6 Å². The summed E-state index contributed by atoms with van der Waals surface area (Å²) in [7, 11) is 0. The summed E-state index contributed by atoms with van der Waals surface area (Å²) in [5.74, 6) is 2.47. The van der Waals surface area contributed by atoms with Crippen molar-refractivity contribution in [3.8, 4) is 0 Å². The number of carbonyl (C=O) groups is 1. The Balaban J connectivity index is 1.82. The van der Waals surface area contributed by atoms with Crippen LogP contribution in [0.5, 0.6) is 0 Å². The van der Waals surface area contributed by atoms with Crippen LogP contribution < -0.4 is 10.6 Å². The lowest BCUT2D eigenvalue weighted by Gasteiger charge is -2.32. The summed E-state index contributed by atoms with van der Waals surface area (Å²) < 4.78 is 0. The minimum absolute atomic E-state index is 0.134. The van der Waals surface area contributed by atoms with Gasteiger partial charge in [0.1, 0.15) is 0 Å². The fraction of sp³-hybridized carbons (Fsp3) is 0.929. The van der Waals surface area contributed by atoms with E-state index in [1.54, 1.807) is 0 Å². The second-order valence-corrected chi connectivity index (χ2v) is 6.23. The first kappa shape index (κ1) is 12.9. The smallest absolute Gasteiger partial charge is 0.223 e. The van der Waals surface area contributed by atoms with Crippen molar-refractivity contribution < 1.29 is 4.79 Å². The lowest BCUT2D eigenvalue weighted by Crippen LogP contribution is -2.43. The Morgan fingerprint density at radius 2 is 1.88 bits per heavy atom. The van der Waals surface area contributed by atoms with Gasteiger partial charge in [0, 0.05) is 12.0 Å². The van der Waals surface area contributed by atoms with Crippen molar-refractivity contribution in [3.05, 3.63) is 0 Å². The Hall–Kier alpha value is -0.570. The summed E-state index contributed by atoms with van der Waals surface area (Å²) in [5, 5.41) is 6.71. The molecule has 1 saturated carbocycles. The quantitative estimate of drug-likeness (QED) is 0.787. The van der Waals surface area contributed by atoms with Crippen molar-refractivity contribution in [1.82, 2.24) is 10.6 Å². The van der Waals surface area contributed by atoms with Crippen LogP contribution in [0.15, 0.2) is 0 Å². The summed E-state index contributed by atoms with van der Waals surface area (Å²) >= 11 is 0. The van der Waals surface area contributed by atoms with Gasteiger partial charge in [0.05, 0.1) is 0 Å². The average molecular weight is 238 g/mol. The lowest BCUT2D eigenvalue weighted by molar-refractivity contribution is -0.126. The van der Waals surface area contributed by atoms with Gasteiger partial charge in [0.2, 0.25) is 5.91 Å². The normalized spacial score (nSPS) is 34.5. The van der Waals surface area contributed by atoms with Crippen LogP contribution in [0.25, 0.3) is 0 Å². The highest BCUT2D eigenvalue weighted by atomic mass is 16.1. The number of hydrogen-bond acceptors (Lipinski definition) is 2. The molecule has 0 aromatic rings. The minimum atomic E-state index is 0.134. The molecule has 17 heavy (non-hydrogen) atoms. The Kier molecular flexibility index (Phi) is 4.08. The van der Waals surface area contributed by atoms with Crippen LogP contribution >= 0.6 is 0 Å². The molecule has 0 spiro atoms. The highest BCUT2D eigenvalue weighted by Crippen LogP contribution is 2.32. The maximum Gasteiger partial charge on any atom is 0.223 e. The number of hydrogen-bond donors (Lipinski definition) is 2. The zero-order valence-electron chi connectivity index (χ0n) is 11.3. The van der Waals surface area contributed by atoms with E-state index in [0.29, 0.717) is 12.0 Å². The van der Waals surface area contributed by atoms with E-state index in [4.69, 9.17) is 0 Å². The summed E-state index contributed by atoms with van der Waals surface area (Å²) in [4.78, 5) is 12.0. The van der Waals surface area contributed by atoms with Crippen molar-refractivity contribution in [3.63, 3.8) is 0 Å². The van der Waals surface area contributed by atoms with Gasteiger partial charge in [-0.15, -0.1) is 0 Å². The van der Waals surface area contributed by atoms with Gasteiger partial charge in [0.25, 0.3) is 0 Å². The van der Waals surface area contributed by atoms with E-state index < -0.39 is 0 Å². The second kappa shape index (κ2) is 5.38. The molecule has 3 heteroatoms. The molecule has 1 aliphatic heterocycles. The second-order valence-electron chi connectivity index (χ2n) is 6.23. The molecule has 0 aromatic heterocycles. The third-order valence-electron chi connectivity index (χ3n) is 4.71. The average Bonchev–Trinajstić information content (AvgIpc) is 2.74. The topological polar surface area (TPSA) is 41.1 Å². The van der Waals surface area contributed by atoms with Crippen molar-refractivity contribution in [2.75, 3.05) is 13.1 Å². The predicted octanol–water partition coefficient (Wildman–Crippen LogP) is 1.78. The molecule has 2 rings (SSSR count). The number of rotatable bonds is 3. The first-order valence-corrected chi connectivity index (χ1v) is 7.09. The third-order valence-corrected chi connectivity index (χ3v) is 4.71. The SMILES string of the molecule is CC(C)C(C)C(=O)NC1CC[C@H]2CNC[C@H]2C1. The Labute approximate surface area is 105 Å². The highest BCUT2D eigenvalue weighted by Gasteiger charge is 2.34. The third kappa shape index (κ3) is 3.01. The van der Waals surface area contributed by atoms with Crippen molar-refractivity contribution >= 4 is 5.91 Å². The summed E-state index contributed by atoms with van der Waals surface area (Å²) in [6.07, 6.45) is 3.62. The Bertz CT molecular complexity index is 277. The van der Waals surface area contributed by atoms with Gasteiger partial charge in [-0.1, -0.05) is 20.8 Å². The lowest BCUT2D eigenvalue weighted by atomic mass is 9.79. The summed E-state index contributed by atoms with van der Waals surface area (Å²) in [5.41, 5.74) is 0. The number of amides is 1. The van der Waals surface area contributed by atoms with E-state index in [0.717, 1.165) is 18.4 Å².